The molecule has 0 saturated heterocycles. The molecular formula is C10H21NO3. The van der Waals surface area contributed by atoms with E-state index in [-0.39, 0.29) is 13.0 Å². The van der Waals surface area contributed by atoms with Crippen molar-refractivity contribution in [1.29, 1.82) is 0 Å². The van der Waals surface area contributed by atoms with Crippen molar-refractivity contribution in [3.05, 3.63) is 0 Å². The van der Waals surface area contributed by atoms with Crippen LogP contribution in [0.25, 0.3) is 0 Å². The monoisotopic (exact) mass is 203 g/mol. The first-order valence-electron chi connectivity index (χ1n) is 5.14. The molecule has 0 rings (SSSR count). The fourth-order valence-corrected chi connectivity index (χ4v) is 1.16. The van der Waals surface area contributed by atoms with Crippen molar-refractivity contribution in [2.75, 3.05) is 13.2 Å². The highest BCUT2D eigenvalue weighted by molar-refractivity contribution is 5.75. The predicted molar refractivity (Wildman–Crippen MR) is 54.7 cm³/mol. The Labute approximate surface area is 85.4 Å². The second-order valence-corrected chi connectivity index (χ2v) is 3.64. The van der Waals surface area contributed by atoms with Gasteiger partial charge in [-0.3, -0.25) is 4.79 Å². The van der Waals surface area contributed by atoms with Crippen molar-refractivity contribution in [3.63, 3.8) is 0 Å². The number of carbonyl (C=O) groups is 1. The van der Waals surface area contributed by atoms with Crippen LogP contribution < -0.4 is 5.73 Å². The average molecular weight is 203 g/mol. The smallest absolute Gasteiger partial charge is 0.323 e. The molecule has 0 spiro atoms. The summed E-state index contributed by atoms with van der Waals surface area (Å²) in [4.78, 5) is 11.2. The van der Waals surface area contributed by atoms with E-state index in [2.05, 4.69) is 6.92 Å². The molecule has 0 aromatic carbocycles. The molecule has 0 heterocycles. The minimum absolute atomic E-state index is 0.0826. The number of esters is 1. The maximum absolute atomic E-state index is 11.2. The second kappa shape index (κ2) is 7.76. The van der Waals surface area contributed by atoms with Crippen molar-refractivity contribution in [3.8, 4) is 0 Å². The van der Waals surface area contributed by atoms with E-state index in [0.29, 0.717) is 12.5 Å². The van der Waals surface area contributed by atoms with Gasteiger partial charge in [0.1, 0.15) is 6.04 Å². The van der Waals surface area contributed by atoms with Gasteiger partial charge in [0.05, 0.1) is 6.61 Å². The summed E-state index contributed by atoms with van der Waals surface area (Å²) < 4.78 is 5.00. The average Bonchev–Trinajstić information content (AvgIpc) is 2.15. The summed E-state index contributed by atoms with van der Waals surface area (Å²) in [5.41, 5.74) is 5.45. The van der Waals surface area contributed by atoms with Crippen molar-refractivity contribution in [2.45, 2.75) is 39.2 Å². The molecule has 0 aliphatic carbocycles. The normalized spacial score (nSPS) is 14.9. The zero-order valence-electron chi connectivity index (χ0n) is 9.03. The van der Waals surface area contributed by atoms with E-state index >= 15 is 0 Å². The zero-order chi connectivity index (χ0) is 11.0. The van der Waals surface area contributed by atoms with E-state index in [0.717, 1.165) is 12.8 Å². The van der Waals surface area contributed by atoms with Crippen molar-refractivity contribution < 1.29 is 14.6 Å². The molecule has 4 nitrogen and oxygen atoms in total. The summed E-state index contributed by atoms with van der Waals surface area (Å²) in [5, 5.41) is 8.56. The van der Waals surface area contributed by atoms with Gasteiger partial charge in [-0.1, -0.05) is 20.3 Å². The first-order chi connectivity index (χ1) is 6.61. The lowest BCUT2D eigenvalue weighted by Crippen LogP contribution is -2.34. The standard InChI is InChI=1S/C10H21NO3/c1-3-4-8(2)7-14-10(13)9(11)5-6-12/h8-9,12H,3-7,11H2,1-2H3/t8?,9-/m1/s1. The highest BCUT2D eigenvalue weighted by atomic mass is 16.5. The number of ether oxygens (including phenoxy) is 1. The van der Waals surface area contributed by atoms with Gasteiger partial charge in [0.2, 0.25) is 0 Å². The van der Waals surface area contributed by atoms with Gasteiger partial charge in [-0.15, -0.1) is 0 Å². The molecule has 2 atom stereocenters. The summed E-state index contributed by atoms with van der Waals surface area (Å²) in [6, 6.07) is -0.686. The third-order valence-corrected chi connectivity index (χ3v) is 2.03. The molecule has 1 unspecified atom stereocenters. The first kappa shape index (κ1) is 13.4. The number of rotatable bonds is 7. The van der Waals surface area contributed by atoms with Crippen molar-refractivity contribution in [1.82, 2.24) is 0 Å². The van der Waals surface area contributed by atoms with E-state index in [1.807, 2.05) is 6.92 Å². The Kier molecular flexibility index (Phi) is 7.42. The predicted octanol–water partition coefficient (Wildman–Crippen LogP) is 0.676. The fourth-order valence-electron chi connectivity index (χ4n) is 1.16. The maximum Gasteiger partial charge on any atom is 0.323 e. The molecule has 0 amide bonds. The molecule has 14 heavy (non-hydrogen) atoms. The van der Waals surface area contributed by atoms with Gasteiger partial charge in [-0.2, -0.15) is 0 Å². The van der Waals surface area contributed by atoms with Gasteiger partial charge in [0.15, 0.2) is 0 Å². The minimum atomic E-state index is -0.686. The number of hydrogen-bond donors (Lipinski definition) is 2. The SMILES string of the molecule is CCCC(C)COC(=O)[C@H](N)CCO. The number of aliphatic hydroxyl groups excluding tert-OH is 1. The lowest BCUT2D eigenvalue weighted by molar-refractivity contribution is -0.146. The van der Waals surface area contributed by atoms with Crippen LogP contribution in [-0.2, 0) is 9.53 Å². The van der Waals surface area contributed by atoms with E-state index in [4.69, 9.17) is 15.6 Å². The van der Waals surface area contributed by atoms with Gasteiger partial charge in [-0.05, 0) is 18.8 Å². The number of aliphatic hydroxyl groups is 1. The third kappa shape index (κ3) is 5.94. The summed E-state index contributed by atoms with van der Waals surface area (Å²) in [7, 11) is 0. The molecule has 0 aromatic heterocycles. The summed E-state index contributed by atoms with van der Waals surface area (Å²) in [5.74, 6) is -0.0349. The summed E-state index contributed by atoms with van der Waals surface area (Å²) >= 11 is 0. The van der Waals surface area contributed by atoms with Crippen LogP contribution in [0, 0.1) is 5.92 Å². The topological polar surface area (TPSA) is 72.5 Å². The Balaban J connectivity index is 3.61. The fraction of sp³-hybridized carbons (Fsp3) is 0.900. The molecule has 4 heteroatoms. The van der Waals surface area contributed by atoms with E-state index in [1.54, 1.807) is 0 Å². The molecule has 0 saturated carbocycles. The summed E-state index contributed by atoms with van der Waals surface area (Å²) in [6.07, 6.45) is 2.39. The lowest BCUT2D eigenvalue weighted by atomic mass is 10.1. The van der Waals surface area contributed by atoms with E-state index < -0.39 is 12.0 Å². The minimum Gasteiger partial charge on any atom is -0.464 e. The molecular weight excluding hydrogens is 182 g/mol. The van der Waals surface area contributed by atoms with E-state index in [9.17, 15) is 4.79 Å². The van der Waals surface area contributed by atoms with Crippen LogP contribution in [0.1, 0.15) is 33.1 Å². The molecule has 0 fully saturated rings. The molecule has 0 radical (unpaired) electrons. The molecule has 3 N–H and O–H groups in total. The molecule has 0 bridgehead atoms. The van der Waals surface area contributed by atoms with Crippen LogP contribution >= 0.6 is 0 Å². The molecule has 0 aliphatic rings. The van der Waals surface area contributed by atoms with Crippen LogP contribution in [0.4, 0.5) is 0 Å². The first-order valence-corrected chi connectivity index (χ1v) is 5.14. The Morgan fingerprint density at radius 3 is 2.64 bits per heavy atom. The summed E-state index contributed by atoms with van der Waals surface area (Å²) in [6.45, 7) is 4.47. The Bertz CT molecular complexity index is 161. The zero-order valence-corrected chi connectivity index (χ0v) is 9.03. The van der Waals surface area contributed by atoms with Crippen LogP contribution in [0.5, 0.6) is 0 Å². The lowest BCUT2D eigenvalue weighted by Gasteiger charge is -2.13. The van der Waals surface area contributed by atoms with E-state index in [1.165, 1.54) is 0 Å². The molecule has 84 valence electrons. The van der Waals surface area contributed by atoms with Gasteiger partial charge >= 0.3 is 5.97 Å². The van der Waals surface area contributed by atoms with Gasteiger partial charge < -0.3 is 15.6 Å². The van der Waals surface area contributed by atoms with Crippen LogP contribution in [0.15, 0.2) is 0 Å². The Morgan fingerprint density at radius 1 is 1.50 bits per heavy atom. The van der Waals surface area contributed by atoms with Crippen LogP contribution in [-0.4, -0.2) is 30.3 Å². The quantitative estimate of drug-likeness (QED) is 0.597. The highest BCUT2D eigenvalue weighted by Crippen LogP contribution is 2.05. The molecule has 0 aromatic rings. The largest absolute Gasteiger partial charge is 0.464 e. The van der Waals surface area contributed by atoms with Gasteiger partial charge in [0, 0.05) is 6.61 Å². The van der Waals surface area contributed by atoms with Gasteiger partial charge in [-0.25, -0.2) is 0 Å². The van der Waals surface area contributed by atoms with Crippen LogP contribution in [0.2, 0.25) is 0 Å². The van der Waals surface area contributed by atoms with Crippen LogP contribution in [0.3, 0.4) is 0 Å². The Morgan fingerprint density at radius 2 is 2.14 bits per heavy atom. The second-order valence-electron chi connectivity index (χ2n) is 3.64. The number of nitrogens with two attached hydrogens (primary N) is 1. The van der Waals surface area contributed by atoms with Gasteiger partial charge in [0.25, 0.3) is 0 Å². The Hall–Kier alpha value is -0.610. The van der Waals surface area contributed by atoms with Crippen molar-refractivity contribution >= 4 is 5.97 Å². The number of carbonyl (C=O) groups excluding carboxylic acids is 1. The molecule has 0 aliphatic heterocycles. The highest BCUT2D eigenvalue weighted by Gasteiger charge is 2.15. The number of hydrogen-bond acceptors (Lipinski definition) is 4. The third-order valence-electron chi connectivity index (χ3n) is 2.03. The van der Waals surface area contributed by atoms with Crippen molar-refractivity contribution in [2.24, 2.45) is 11.7 Å². The maximum atomic E-state index is 11.2.